The Kier molecular flexibility index (Phi) is 2.34. The first-order valence-electron chi connectivity index (χ1n) is 5.56. The molecule has 1 aliphatic rings. The highest BCUT2D eigenvalue weighted by atomic mass is 19.1. The van der Waals surface area contributed by atoms with E-state index in [9.17, 15) is 9.50 Å². The minimum absolute atomic E-state index is 0.223. The van der Waals surface area contributed by atoms with Crippen LogP contribution in [-0.4, -0.2) is 5.11 Å². The summed E-state index contributed by atoms with van der Waals surface area (Å²) < 4.78 is 13.7. The maximum Gasteiger partial charge on any atom is 0.128 e. The fourth-order valence-electron chi connectivity index (χ4n) is 2.38. The molecule has 2 aromatic carbocycles. The van der Waals surface area contributed by atoms with Crippen molar-refractivity contribution in [1.82, 2.24) is 5.32 Å². The number of rotatable bonds is 1. The van der Waals surface area contributed by atoms with Gasteiger partial charge in [-0.1, -0.05) is 30.3 Å². The van der Waals surface area contributed by atoms with E-state index in [1.165, 1.54) is 6.07 Å². The van der Waals surface area contributed by atoms with Crippen LogP contribution in [0.3, 0.4) is 0 Å². The van der Waals surface area contributed by atoms with Crippen LogP contribution in [0.2, 0.25) is 0 Å². The maximum atomic E-state index is 13.7. The van der Waals surface area contributed by atoms with E-state index in [0.717, 1.165) is 11.1 Å². The van der Waals surface area contributed by atoms with Crippen molar-refractivity contribution >= 4 is 0 Å². The molecule has 0 amide bonds. The zero-order chi connectivity index (χ0) is 11.8. The molecule has 2 aromatic rings. The van der Waals surface area contributed by atoms with Gasteiger partial charge in [0.25, 0.3) is 0 Å². The van der Waals surface area contributed by atoms with Crippen LogP contribution in [0.25, 0.3) is 0 Å². The van der Waals surface area contributed by atoms with Gasteiger partial charge in [0.2, 0.25) is 0 Å². The lowest BCUT2D eigenvalue weighted by atomic mass is 9.97. The van der Waals surface area contributed by atoms with Gasteiger partial charge in [-0.05, 0) is 17.7 Å². The van der Waals surface area contributed by atoms with Crippen LogP contribution in [-0.2, 0) is 6.54 Å². The van der Waals surface area contributed by atoms with E-state index in [0.29, 0.717) is 12.1 Å². The number of phenolic OH excluding ortho intramolecular Hbond substituents is 1. The maximum absolute atomic E-state index is 13.7. The monoisotopic (exact) mass is 229 g/mol. The number of fused-ring (bicyclic) bond motifs is 1. The van der Waals surface area contributed by atoms with Gasteiger partial charge in [0.15, 0.2) is 0 Å². The van der Waals surface area contributed by atoms with Crippen LogP contribution in [0.1, 0.15) is 22.7 Å². The van der Waals surface area contributed by atoms with Crippen LogP contribution < -0.4 is 5.32 Å². The third-order valence-corrected chi connectivity index (χ3v) is 3.17. The molecule has 1 aliphatic heterocycles. The molecule has 2 nitrogen and oxygen atoms in total. The average Bonchev–Trinajstić information content (AvgIpc) is 2.75. The number of halogens is 1. The van der Waals surface area contributed by atoms with Gasteiger partial charge in [-0.15, -0.1) is 0 Å². The van der Waals surface area contributed by atoms with Gasteiger partial charge in [-0.3, -0.25) is 0 Å². The number of aromatic hydroxyl groups is 1. The molecule has 0 aromatic heterocycles. The normalized spacial score (nSPS) is 18.1. The molecule has 0 fully saturated rings. The number of benzene rings is 2. The van der Waals surface area contributed by atoms with Crippen LogP contribution in [0, 0.1) is 5.82 Å². The summed E-state index contributed by atoms with van der Waals surface area (Å²) in [6.07, 6.45) is 0. The quantitative estimate of drug-likeness (QED) is 0.788. The molecule has 17 heavy (non-hydrogen) atoms. The molecule has 1 atom stereocenters. The summed E-state index contributed by atoms with van der Waals surface area (Å²) in [5, 5.41) is 13.1. The molecule has 3 heteroatoms. The Morgan fingerprint density at radius 3 is 2.76 bits per heavy atom. The molecule has 0 spiro atoms. The molecule has 0 bridgehead atoms. The largest absolute Gasteiger partial charge is 0.508 e. The summed E-state index contributed by atoms with van der Waals surface area (Å²) in [5.41, 5.74) is 2.39. The molecular weight excluding hydrogens is 217 g/mol. The topological polar surface area (TPSA) is 32.3 Å². The Morgan fingerprint density at radius 1 is 1.12 bits per heavy atom. The van der Waals surface area contributed by atoms with Gasteiger partial charge in [0, 0.05) is 17.7 Å². The van der Waals surface area contributed by atoms with Crippen molar-refractivity contribution < 1.29 is 9.50 Å². The fraction of sp³-hybridized carbons (Fsp3) is 0.143. The van der Waals surface area contributed by atoms with Crippen LogP contribution in [0.4, 0.5) is 4.39 Å². The second-order valence-corrected chi connectivity index (χ2v) is 4.19. The Balaban J connectivity index is 2.13. The first kappa shape index (κ1) is 10.3. The van der Waals surface area contributed by atoms with E-state index in [4.69, 9.17) is 0 Å². The highest BCUT2D eigenvalue weighted by molar-refractivity contribution is 5.49. The van der Waals surface area contributed by atoms with E-state index in [1.54, 1.807) is 30.3 Å². The predicted molar refractivity (Wildman–Crippen MR) is 63.2 cm³/mol. The summed E-state index contributed by atoms with van der Waals surface area (Å²) in [6.45, 7) is 0.655. The highest BCUT2D eigenvalue weighted by Crippen LogP contribution is 2.37. The molecule has 2 N–H and O–H groups in total. The van der Waals surface area contributed by atoms with Crippen molar-refractivity contribution in [2.24, 2.45) is 0 Å². The predicted octanol–water partition coefficient (Wildman–Crippen LogP) is 2.72. The lowest BCUT2D eigenvalue weighted by Crippen LogP contribution is -2.14. The summed E-state index contributed by atoms with van der Waals surface area (Å²) in [4.78, 5) is 0. The minimum Gasteiger partial charge on any atom is -0.508 e. The second-order valence-electron chi connectivity index (χ2n) is 4.19. The fourth-order valence-corrected chi connectivity index (χ4v) is 2.38. The number of phenols is 1. The number of hydrogen-bond acceptors (Lipinski definition) is 2. The smallest absolute Gasteiger partial charge is 0.128 e. The Labute approximate surface area is 98.7 Å². The summed E-state index contributed by atoms with van der Waals surface area (Å²) >= 11 is 0. The van der Waals surface area contributed by atoms with Crippen molar-refractivity contribution in [3.05, 3.63) is 65.0 Å². The van der Waals surface area contributed by atoms with Crippen molar-refractivity contribution in [3.63, 3.8) is 0 Å². The lowest BCUT2D eigenvalue weighted by molar-refractivity contribution is 0.462. The third-order valence-electron chi connectivity index (χ3n) is 3.17. The molecule has 0 saturated heterocycles. The van der Waals surface area contributed by atoms with Gasteiger partial charge < -0.3 is 10.4 Å². The second kappa shape index (κ2) is 3.86. The molecule has 3 rings (SSSR count). The van der Waals surface area contributed by atoms with Gasteiger partial charge in [0.05, 0.1) is 6.04 Å². The Morgan fingerprint density at radius 2 is 1.94 bits per heavy atom. The van der Waals surface area contributed by atoms with Gasteiger partial charge in [0.1, 0.15) is 11.6 Å². The van der Waals surface area contributed by atoms with Gasteiger partial charge in [-0.2, -0.15) is 0 Å². The molecule has 1 heterocycles. The molecular formula is C14H12FNO. The summed E-state index contributed by atoms with van der Waals surface area (Å²) in [6, 6.07) is 11.8. The van der Waals surface area contributed by atoms with Crippen LogP contribution >= 0.6 is 0 Å². The molecule has 1 unspecified atom stereocenters. The minimum atomic E-state index is -0.257. The van der Waals surface area contributed by atoms with Crippen molar-refractivity contribution in [2.75, 3.05) is 0 Å². The van der Waals surface area contributed by atoms with E-state index >= 15 is 0 Å². The molecule has 0 saturated carbocycles. The van der Waals surface area contributed by atoms with E-state index in [1.807, 2.05) is 6.07 Å². The van der Waals surface area contributed by atoms with Crippen LogP contribution in [0.5, 0.6) is 5.75 Å². The van der Waals surface area contributed by atoms with Crippen molar-refractivity contribution in [3.8, 4) is 5.75 Å². The molecule has 86 valence electrons. The Hall–Kier alpha value is -1.87. The van der Waals surface area contributed by atoms with Gasteiger partial charge in [-0.25, -0.2) is 4.39 Å². The summed E-state index contributed by atoms with van der Waals surface area (Å²) in [7, 11) is 0. The highest BCUT2D eigenvalue weighted by Gasteiger charge is 2.27. The SMILES string of the molecule is Oc1cccc2c1C(c1ccccc1F)NC2. The third kappa shape index (κ3) is 1.59. The molecule has 0 radical (unpaired) electrons. The zero-order valence-corrected chi connectivity index (χ0v) is 9.15. The number of hydrogen-bond donors (Lipinski definition) is 2. The van der Waals surface area contributed by atoms with E-state index in [2.05, 4.69) is 5.32 Å². The average molecular weight is 229 g/mol. The first-order valence-corrected chi connectivity index (χ1v) is 5.56. The standard InChI is InChI=1S/C14H12FNO/c15-11-6-2-1-5-10(11)14-13-9(8-16-14)4-3-7-12(13)17/h1-7,14,16-17H,8H2. The van der Waals surface area contributed by atoms with Crippen molar-refractivity contribution in [2.45, 2.75) is 12.6 Å². The number of nitrogens with one attached hydrogen (secondary N) is 1. The Bertz CT molecular complexity index is 568. The van der Waals surface area contributed by atoms with E-state index in [-0.39, 0.29) is 17.6 Å². The van der Waals surface area contributed by atoms with E-state index < -0.39 is 0 Å². The van der Waals surface area contributed by atoms with Gasteiger partial charge >= 0.3 is 0 Å². The summed E-state index contributed by atoms with van der Waals surface area (Å²) in [5.74, 6) is -0.0261. The lowest BCUT2D eigenvalue weighted by Gasteiger charge is -2.14. The zero-order valence-electron chi connectivity index (χ0n) is 9.15. The molecule has 0 aliphatic carbocycles. The van der Waals surface area contributed by atoms with Crippen molar-refractivity contribution in [1.29, 1.82) is 0 Å². The first-order chi connectivity index (χ1) is 8.27. The van der Waals surface area contributed by atoms with Crippen LogP contribution in [0.15, 0.2) is 42.5 Å².